The first-order chi connectivity index (χ1) is 5.20. The molecule has 20 heavy (non-hydrogen) atoms. The van der Waals surface area contributed by atoms with Crippen molar-refractivity contribution < 1.29 is 79.4 Å². The van der Waals surface area contributed by atoms with Crippen LogP contribution in [-0.2, 0) is 25.8 Å². The van der Waals surface area contributed by atoms with Crippen LogP contribution in [-0.4, -0.2) is 53.6 Å². The predicted molar refractivity (Wildman–Crippen MR) is 56.4 cm³/mol. The summed E-state index contributed by atoms with van der Waals surface area (Å²) < 4.78 is 0. The maximum absolute atomic E-state index is 8.25. The molecular formula is H14N3O16Sc. The summed E-state index contributed by atoms with van der Waals surface area (Å²) >= 11 is 0. The van der Waals surface area contributed by atoms with Crippen LogP contribution in [0.3, 0.4) is 0 Å². The Morgan fingerprint density at radius 3 is 0.400 bits per heavy atom. The Balaban J connectivity index is -0.00000000562. The molecule has 0 rings (SSSR count). The maximum atomic E-state index is 8.25. The largest absolute Gasteiger partial charge is 3.00 e. The standard InChI is InChI=1S/3NO3.7H2O.Sc/c3*2-1(3)4;;;;;;;;/h;;;7*1H2;/q3*-1;;;;;;;;+3. The minimum absolute atomic E-state index is 0. The summed E-state index contributed by atoms with van der Waals surface area (Å²) in [6, 6.07) is 0. The van der Waals surface area contributed by atoms with Crippen molar-refractivity contribution in [3.63, 3.8) is 0 Å². The molecule has 128 valence electrons. The molecular weight excluding hydrogens is 343 g/mol. The normalized spacial score (nSPS) is 3.60. The Morgan fingerprint density at radius 2 is 0.400 bits per heavy atom. The van der Waals surface area contributed by atoms with E-state index in [0.29, 0.717) is 0 Å². The SMILES string of the molecule is O.O.O.O.O.O.O.O=[N+]([O-])[O-].O=[N+]([O-])[O-].O=[N+]([O-])[O-].[Sc+3]. The Kier molecular flexibility index (Phi) is 453. The third-order valence-electron chi connectivity index (χ3n) is 0. The first kappa shape index (κ1) is 104. The molecule has 0 radical (unpaired) electrons. The third kappa shape index (κ3) is 1140. The Hall–Kier alpha value is -1.81. The van der Waals surface area contributed by atoms with Crippen molar-refractivity contribution in [2.24, 2.45) is 0 Å². The van der Waals surface area contributed by atoms with Crippen LogP contribution in [0.5, 0.6) is 0 Å². The molecule has 0 aliphatic carbocycles. The third-order valence-corrected chi connectivity index (χ3v) is 0. The van der Waals surface area contributed by atoms with E-state index >= 15 is 0 Å². The Bertz CT molecular complexity index is 115. The molecule has 0 aromatic heterocycles. The van der Waals surface area contributed by atoms with Gasteiger partial charge in [0.05, 0.1) is 15.3 Å². The van der Waals surface area contributed by atoms with Crippen LogP contribution in [0.15, 0.2) is 0 Å². The van der Waals surface area contributed by atoms with Gasteiger partial charge in [0, 0.05) is 0 Å². The van der Waals surface area contributed by atoms with Crippen molar-refractivity contribution in [1.82, 2.24) is 0 Å². The molecule has 14 N–H and O–H groups in total. The second-order valence-electron chi connectivity index (χ2n) is 0.671. The second kappa shape index (κ2) is 87.2. The van der Waals surface area contributed by atoms with Gasteiger partial charge in [-0.2, -0.15) is 0 Å². The molecule has 0 heterocycles. The summed E-state index contributed by atoms with van der Waals surface area (Å²) in [4.78, 5) is 24.8. The molecule has 0 atom stereocenters. The number of hydrogen-bond acceptors (Lipinski definition) is 9. The summed E-state index contributed by atoms with van der Waals surface area (Å²) in [7, 11) is 0. The summed E-state index contributed by atoms with van der Waals surface area (Å²) in [5, 5.41) is 44.2. The van der Waals surface area contributed by atoms with Gasteiger partial charge in [-0.1, -0.05) is 0 Å². The molecule has 20 heteroatoms. The van der Waals surface area contributed by atoms with Gasteiger partial charge in [-0.25, -0.2) is 0 Å². The number of hydrogen-bond donors (Lipinski definition) is 0. The minimum Gasteiger partial charge on any atom is -0.412 e. The Morgan fingerprint density at radius 1 is 0.400 bits per heavy atom. The van der Waals surface area contributed by atoms with Crippen molar-refractivity contribution in [3.05, 3.63) is 46.0 Å². The van der Waals surface area contributed by atoms with E-state index in [2.05, 4.69) is 0 Å². The van der Waals surface area contributed by atoms with Crippen molar-refractivity contribution in [1.29, 1.82) is 0 Å². The van der Waals surface area contributed by atoms with Gasteiger partial charge in [-0.05, 0) is 0 Å². The van der Waals surface area contributed by atoms with Gasteiger partial charge in [-0.15, -0.1) is 0 Å². The topological polar surface area (TPSA) is 419 Å². The monoisotopic (exact) mass is 357 g/mol. The number of nitrogens with zero attached hydrogens (tertiary/aromatic N) is 3. The van der Waals surface area contributed by atoms with Crippen LogP contribution in [0.4, 0.5) is 0 Å². The van der Waals surface area contributed by atoms with Crippen LogP contribution in [0.2, 0.25) is 0 Å². The number of rotatable bonds is 0. The zero-order valence-electron chi connectivity index (χ0n) is 9.09. The van der Waals surface area contributed by atoms with E-state index in [9.17, 15) is 0 Å². The average molecular weight is 357 g/mol. The molecule has 0 aromatic carbocycles. The van der Waals surface area contributed by atoms with Gasteiger partial charge in [0.1, 0.15) is 0 Å². The first-order valence-electron chi connectivity index (χ1n) is 1.64. The predicted octanol–water partition coefficient (Wildman–Crippen LogP) is -6.49. The zero-order chi connectivity index (χ0) is 10.7. The van der Waals surface area contributed by atoms with E-state index in [1.165, 1.54) is 0 Å². The molecule has 0 aromatic rings. The van der Waals surface area contributed by atoms with Crippen LogP contribution in [0.1, 0.15) is 0 Å². The minimum atomic E-state index is -1.75. The summed E-state index contributed by atoms with van der Waals surface area (Å²) in [5.41, 5.74) is 0. The van der Waals surface area contributed by atoms with E-state index in [1.54, 1.807) is 0 Å². The van der Waals surface area contributed by atoms with Gasteiger partial charge < -0.3 is 84.3 Å². The first-order valence-corrected chi connectivity index (χ1v) is 1.64. The van der Waals surface area contributed by atoms with E-state index in [4.69, 9.17) is 46.0 Å². The average Bonchev–Trinajstić information content (AvgIpc) is 1.54. The summed E-state index contributed by atoms with van der Waals surface area (Å²) in [6.07, 6.45) is 0. The van der Waals surface area contributed by atoms with Crippen LogP contribution in [0, 0.1) is 46.0 Å². The molecule has 19 nitrogen and oxygen atoms in total. The summed E-state index contributed by atoms with van der Waals surface area (Å²) in [5.74, 6) is 0. The van der Waals surface area contributed by atoms with Crippen LogP contribution >= 0.6 is 0 Å². The van der Waals surface area contributed by atoms with Gasteiger partial charge in [0.25, 0.3) is 0 Å². The molecule has 0 bridgehead atoms. The van der Waals surface area contributed by atoms with Crippen molar-refractivity contribution >= 4 is 0 Å². The quantitative estimate of drug-likeness (QED) is 0.293. The molecule has 0 amide bonds. The molecule has 0 saturated carbocycles. The maximum Gasteiger partial charge on any atom is 3.00 e. The fraction of sp³-hybridized carbons (Fsp3) is 0. The van der Waals surface area contributed by atoms with E-state index in [0.717, 1.165) is 0 Å². The van der Waals surface area contributed by atoms with Crippen molar-refractivity contribution in [3.8, 4) is 0 Å². The van der Waals surface area contributed by atoms with Gasteiger partial charge in [0.15, 0.2) is 0 Å². The molecule has 0 aliphatic rings. The van der Waals surface area contributed by atoms with Crippen LogP contribution < -0.4 is 0 Å². The molecule has 0 aliphatic heterocycles. The van der Waals surface area contributed by atoms with Gasteiger partial charge in [-0.3, -0.25) is 0 Å². The van der Waals surface area contributed by atoms with E-state index < -0.39 is 15.3 Å². The molecule has 0 saturated heterocycles. The van der Waals surface area contributed by atoms with E-state index in [-0.39, 0.29) is 64.2 Å². The van der Waals surface area contributed by atoms with Gasteiger partial charge in [0.2, 0.25) is 0 Å². The fourth-order valence-corrected chi connectivity index (χ4v) is 0. The summed E-state index contributed by atoms with van der Waals surface area (Å²) in [6.45, 7) is 0. The Labute approximate surface area is 126 Å². The smallest absolute Gasteiger partial charge is 0.412 e. The molecule has 0 unspecified atom stereocenters. The molecule has 0 spiro atoms. The van der Waals surface area contributed by atoms with Crippen molar-refractivity contribution in [2.45, 2.75) is 0 Å². The second-order valence-corrected chi connectivity index (χ2v) is 0.671. The van der Waals surface area contributed by atoms with Crippen molar-refractivity contribution in [2.75, 3.05) is 0 Å². The fourth-order valence-electron chi connectivity index (χ4n) is 0. The van der Waals surface area contributed by atoms with Crippen LogP contribution in [0.25, 0.3) is 0 Å². The molecule has 0 fully saturated rings. The van der Waals surface area contributed by atoms with Gasteiger partial charge >= 0.3 is 25.8 Å². The zero-order valence-corrected chi connectivity index (χ0v) is 10.9. The van der Waals surface area contributed by atoms with E-state index in [1.807, 2.05) is 0 Å².